The van der Waals surface area contributed by atoms with Gasteiger partial charge in [-0.15, -0.1) is 0 Å². The molecule has 0 saturated carbocycles. The molecule has 8 nitrogen and oxygen atoms in total. The molecule has 0 aliphatic rings. The van der Waals surface area contributed by atoms with Crippen LogP contribution in [0.4, 0.5) is 4.79 Å². The van der Waals surface area contributed by atoms with E-state index in [2.05, 4.69) is 20.9 Å². The third-order valence-corrected chi connectivity index (χ3v) is 5.49. The average Bonchev–Trinajstić information content (AvgIpc) is 2.78. The first-order chi connectivity index (χ1) is 16.6. The summed E-state index contributed by atoms with van der Waals surface area (Å²) in [5, 5.41) is 8.56. The summed E-state index contributed by atoms with van der Waals surface area (Å²) < 4.78 is 5.26. The highest BCUT2D eigenvalue weighted by molar-refractivity contribution is 5.85. The van der Waals surface area contributed by atoms with Crippen LogP contribution in [0.25, 0.3) is 0 Å². The van der Waals surface area contributed by atoms with Gasteiger partial charge < -0.3 is 20.7 Å². The highest BCUT2D eigenvalue weighted by Gasteiger charge is 2.26. The first-order valence-electron chi connectivity index (χ1n) is 13.0. The molecule has 1 aromatic rings. The number of amides is 3. The standard InChI is InChI=1S/C27H46N4O4/c1-21(2)24(31-26(34)35-27(3,4)5)25(33)29-17-13-11-9-7-6-8-10-12-14-23(32)30-20-22-15-18-28-19-16-22/h15-16,18-19,21,24H,6-14,17,20H2,1-5H3,(H,29,33)(H,30,32)(H,31,34)/t24-/m0/s1. The normalized spacial score (nSPS) is 12.2. The third kappa shape index (κ3) is 15.8. The van der Waals surface area contributed by atoms with Crippen LogP contribution in [-0.4, -0.2) is 41.1 Å². The number of hydrogen-bond acceptors (Lipinski definition) is 5. The molecule has 1 rings (SSSR count). The van der Waals surface area contributed by atoms with Crippen LogP contribution in [0, 0.1) is 5.92 Å². The number of carbonyl (C=O) groups is 3. The Bertz CT molecular complexity index is 747. The molecule has 0 aromatic carbocycles. The summed E-state index contributed by atoms with van der Waals surface area (Å²) >= 11 is 0. The summed E-state index contributed by atoms with van der Waals surface area (Å²) in [5.74, 6) is -0.101. The summed E-state index contributed by atoms with van der Waals surface area (Å²) in [6, 6.07) is 3.20. The molecule has 0 unspecified atom stereocenters. The molecule has 1 atom stereocenters. The van der Waals surface area contributed by atoms with Crippen LogP contribution in [0.15, 0.2) is 24.5 Å². The number of rotatable bonds is 16. The quantitative estimate of drug-likeness (QED) is 0.286. The summed E-state index contributed by atoms with van der Waals surface area (Å²) in [6.07, 6.45) is 12.0. The zero-order valence-corrected chi connectivity index (χ0v) is 22.3. The highest BCUT2D eigenvalue weighted by atomic mass is 16.6. The number of carbonyl (C=O) groups excluding carboxylic acids is 3. The summed E-state index contributed by atoms with van der Waals surface area (Å²) in [6.45, 7) is 10.3. The number of hydrogen-bond donors (Lipinski definition) is 3. The van der Waals surface area contributed by atoms with Gasteiger partial charge in [0.1, 0.15) is 11.6 Å². The van der Waals surface area contributed by atoms with Crippen molar-refractivity contribution in [1.29, 1.82) is 0 Å². The number of unbranched alkanes of at least 4 members (excludes halogenated alkanes) is 7. The Morgan fingerprint density at radius 3 is 2.03 bits per heavy atom. The van der Waals surface area contributed by atoms with Gasteiger partial charge in [-0.3, -0.25) is 14.6 Å². The van der Waals surface area contributed by atoms with Gasteiger partial charge in [-0.25, -0.2) is 4.79 Å². The third-order valence-electron chi connectivity index (χ3n) is 5.49. The first kappa shape index (κ1) is 30.4. The van der Waals surface area contributed by atoms with Gasteiger partial charge >= 0.3 is 6.09 Å². The highest BCUT2D eigenvalue weighted by Crippen LogP contribution is 2.11. The number of aromatic nitrogens is 1. The molecule has 35 heavy (non-hydrogen) atoms. The van der Waals surface area contributed by atoms with Crippen molar-refractivity contribution in [1.82, 2.24) is 20.9 Å². The number of nitrogens with one attached hydrogen (secondary N) is 3. The van der Waals surface area contributed by atoms with Gasteiger partial charge in [0, 0.05) is 31.9 Å². The molecule has 8 heteroatoms. The van der Waals surface area contributed by atoms with Crippen molar-refractivity contribution in [3.8, 4) is 0 Å². The van der Waals surface area contributed by atoms with Crippen molar-refractivity contribution >= 4 is 17.9 Å². The number of alkyl carbamates (subject to hydrolysis) is 1. The molecule has 0 fully saturated rings. The van der Waals surface area contributed by atoms with Crippen molar-refractivity contribution in [2.75, 3.05) is 6.54 Å². The molecule has 3 amide bonds. The molecule has 3 N–H and O–H groups in total. The van der Waals surface area contributed by atoms with Gasteiger partial charge in [0.2, 0.25) is 11.8 Å². The summed E-state index contributed by atoms with van der Waals surface area (Å²) in [4.78, 5) is 40.3. The summed E-state index contributed by atoms with van der Waals surface area (Å²) in [7, 11) is 0. The number of nitrogens with zero attached hydrogens (tertiary/aromatic N) is 1. The second-order valence-corrected chi connectivity index (χ2v) is 10.4. The van der Waals surface area contributed by atoms with Gasteiger partial charge in [-0.05, 0) is 57.2 Å². The zero-order valence-electron chi connectivity index (χ0n) is 22.3. The minimum Gasteiger partial charge on any atom is -0.444 e. The lowest BCUT2D eigenvalue weighted by Gasteiger charge is -2.25. The second kappa shape index (κ2) is 16.9. The fourth-order valence-electron chi connectivity index (χ4n) is 3.55. The van der Waals surface area contributed by atoms with Gasteiger partial charge in [0.15, 0.2) is 0 Å². The van der Waals surface area contributed by atoms with Gasteiger partial charge in [-0.2, -0.15) is 0 Å². The van der Waals surface area contributed by atoms with Crippen LogP contribution in [0.2, 0.25) is 0 Å². The maximum Gasteiger partial charge on any atom is 0.408 e. The van der Waals surface area contributed by atoms with Crippen molar-refractivity contribution in [2.45, 2.75) is 111 Å². The van der Waals surface area contributed by atoms with Crippen molar-refractivity contribution in [2.24, 2.45) is 5.92 Å². The van der Waals surface area contributed by atoms with E-state index in [4.69, 9.17) is 4.74 Å². The molecular formula is C27H46N4O4. The smallest absolute Gasteiger partial charge is 0.408 e. The molecule has 1 heterocycles. The van der Waals surface area contributed by atoms with E-state index in [-0.39, 0.29) is 17.7 Å². The molecular weight excluding hydrogens is 444 g/mol. The van der Waals surface area contributed by atoms with E-state index in [0.29, 0.717) is 19.5 Å². The minimum atomic E-state index is -0.609. The minimum absolute atomic E-state index is 0.0324. The van der Waals surface area contributed by atoms with Gasteiger partial charge in [0.25, 0.3) is 0 Å². The maximum absolute atomic E-state index is 12.5. The predicted octanol–water partition coefficient (Wildman–Crippen LogP) is 4.87. The number of pyridine rings is 1. The van der Waals surface area contributed by atoms with E-state index in [1.165, 1.54) is 6.42 Å². The molecule has 198 valence electrons. The van der Waals surface area contributed by atoms with Crippen molar-refractivity contribution in [3.63, 3.8) is 0 Å². The lowest BCUT2D eigenvalue weighted by Crippen LogP contribution is -2.51. The maximum atomic E-state index is 12.5. The van der Waals surface area contributed by atoms with Crippen LogP contribution in [-0.2, 0) is 20.9 Å². The molecule has 0 saturated heterocycles. The van der Waals surface area contributed by atoms with E-state index in [9.17, 15) is 14.4 Å². The first-order valence-corrected chi connectivity index (χ1v) is 13.0. The lowest BCUT2D eigenvalue weighted by molar-refractivity contribution is -0.124. The van der Waals surface area contributed by atoms with E-state index in [1.807, 2.05) is 26.0 Å². The molecule has 0 spiro atoms. The molecule has 0 aliphatic heterocycles. The van der Waals surface area contributed by atoms with Gasteiger partial charge in [-0.1, -0.05) is 52.4 Å². The number of ether oxygens (including phenoxy) is 1. The monoisotopic (exact) mass is 490 g/mol. The zero-order chi connectivity index (χ0) is 26.1. The van der Waals surface area contributed by atoms with Crippen LogP contribution < -0.4 is 16.0 Å². The average molecular weight is 491 g/mol. The Morgan fingerprint density at radius 2 is 1.46 bits per heavy atom. The fourth-order valence-corrected chi connectivity index (χ4v) is 3.55. The van der Waals surface area contributed by atoms with Crippen LogP contribution >= 0.6 is 0 Å². The largest absolute Gasteiger partial charge is 0.444 e. The Hall–Kier alpha value is -2.64. The molecule has 0 radical (unpaired) electrons. The van der Waals surface area contributed by atoms with E-state index < -0.39 is 17.7 Å². The van der Waals surface area contributed by atoms with Crippen LogP contribution in [0.5, 0.6) is 0 Å². The SMILES string of the molecule is CC(C)[C@H](NC(=O)OC(C)(C)C)C(=O)NCCCCCCCCCCC(=O)NCc1ccncc1. The van der Waals surface area contributed by atoms with Crippen molar-refractivity contribution in [3.05, 3.63) is 30.1 Å². The van der Waals surface area contributed by atoms with E-state index in [1.54, 1.807) is 33.2 Å². The predicted molar refractivity (Wildman–Crippen MR) is 139 cm³/mol. The molecule has 0 bridgehead atoms. The second-order valence-electron chi connectivity index (χ2n) is 10.4. The fraction of sp³-hybridized carbons (Fsp3) is 0.704. The van der Waals surface area contributed by atoms with Crippen LogP contribution in [0.3, 0.4) is 0 Å². The van der Waals surface area contributed by atoms with Gasteiger partial charge in [0.05, 0.1) is 0 Å². The van der Waals surface area contributed by atoms with Crippen molar-refractivity contribution < 1.29 is 19.1 Å². The summed E-state index contributed by atoms with van der Waals surface area (Å²) in [5.41, 5.74) is 0.461. The Kier molecular flexibility index (Phi) is 14.7. The Labute approximate surface area is 211 Å². The van der Waals surface area contributed by atoms with Crippen LogP contribution in [0.1, 0.15) is 98.0 Å². The molecule has 0 aliphatic carbocycles. The lowest BCUT2D eigenvalue weighted by atomic mass is 10.0. The molecule has 1 aromatic heterocycles. The topological polar surface area (TPSA) is 109 Å². The Balaban J connectivity index is 2.02. The van der Waals surface area contributed by atoms with E-state index in [0.717, 1.165) is 50.5 Å². The Morgan fingerprint density at radius 1 is 0.886 bits per heavy atom. The van der Waals surface area contributed by atoms with E-state index >= 15 is 0 Å².